The van der Waals surface area contributed by atoms with E-state index in [4.69, 9.17) is 23.2 Å². The van der Waals surface area contributed by atoms with Crippen LogP contribution in [0.5, 0.6) is 0 Å². The van der Waals surface area contributed by atoms with E-state index < -0.39 is 9.84 Å². The minimum Gasteiger partial charge on any atom is -0.334 e. The van der Waals surface area contributed by atoms with Gasteiger partial charge in [0.05, 0.1) is 18.1 Å². The number of allylic oxidation sites excluding steroid dienone is 1. The van der Waals surface area contributed by atoms with Crippen LogP contribution in [-0.2, 0) is 21.2 Å². The third-order valence-electron chi connectivity index (χ3n) is 4.99. The molecule has 3 rings (SSSR count). The number of halogens is 2. The van der Waals surface area contributed by atoms with E-state index in [1.807, 2.05) is 6.92 Å². The van der Waals surface area contributed by atoms with Crippen LogP contribution in [0, 0.1) is 5.92 Å². The summed E-state index contributed by atoms with van der Waals surface area (Å²) < 4.78 is 23.4. The maximum absolute atomic E-state index is 13.0. The number of amides is 1. The normalized spacial score (nSPS) is 21.1. The Morgan fingerprint density at radius 3 is 2.56 bits per heavy atom. The molecular weight excluding hydrogens is 407 g/mol. The van der Waals surface area contributed by atoms with Crippen LogP contribution in [0.15, 0.2) is 34.8 Å². The highest BCUT2D eigenvalue weighted by atomic mass is 35.5. The van der Waals surface area contributed by atoms with Gasteiger partial charge >= 0.3 is 0 Å². The van der Waals surface area contributed by atoms with Gasteiger partial charge in [-0.3, -0.25) is 9.79 Å². The molecule has 0 saturated carbocycles. The highest BCUT2D eigenvalue weighted by Crippen LogP contribution is 2.28. The molecule has 1 saturated heterocycles. The van der Waals surface area contributed by atoms with Gasteiger partial charge in [0, 0.05) is 40.0 Å². The van der Waals surface area contributed by atoms with E-state index in [9.17, 15) is 13.2 Å². The van der Waals surface area contributed by atoms with Gasteiger partial charge in [-0.1, -0.05) is 29.3 Å². The Morgan fingerprint density at radius 1 is 1.30 bits per heavy atom. The zero-order chi connectivity index (χ0) is 19.6. The molecule has 8 heteroatoms. The molecule has 0 spiro atoms. The second-order valence-electron chi connectivity index (χ2n) is 7.11. The fraction of sp³-hybridized carbons (Fsp3) is 0.474. The average molecular weight is 429 g/mol. The topological polar surface area (TPSA) is 66.8 Å². The van der Waals surface area contributed by atoms with E-state index in [-0.39, 0.29) is 29.9 Å². The van der Waals surface area contributed by atoms with Crippen LogP contribution >= 0.6 is 23.2 Å². The lowest BCUT2D eigenvalue weighted by molar-refractivity contribution is -0.127. The molecule has 2 aliphatic heterocycles. The van der Waals surface area contributed by atoms with Gasteiger partial charge in [-0.25, -0.2) is 8.42 Å². The Morgan fingerprint density at radius 2 is 2.00 bits per heavy atom. The lowest BCUT2D eigenvalue weighted by atomic mass is 10.0. The molecule has 2 heterocycles. The van der Waals surface area contributed by atoms with Gasteiger partial charge in [-0.15, -0.1) is 0 Å². The van der Waals surface area contributed by atoms with Crippen molar-refractivity contribution in [3.63, 3.8) is 0 Å². The zero-order valence-corrected chi connectivity index (χ0v) is 17.4. The summed E-state index contributed by atoms with van der Waals surface area (Å²) in [5, 5.41) is 1.02. The van der Waals surface area contributed by atoms with Crippen molar-refractivity contribution in [1.82, 2.24) is 4.90 Å². The highest BCUT2D eigenvalue weighted by Gasteiger charge is 2.29. The molecule has 0 aliphatic carbocycles. The van der Waals surface area contributed by atoms with Gasteiger partial charge < -0.3 is 4.90 Å². The first-order valence-corrected chi connectivity index (χ1v) is 11.5. The third kappa shape index (κ3) is 5.12. The molecule has 0 aromatic heterocycles. The number of hydrogen-bond acceptors (Lipinski definition) is 4. The molecule has 0 bridgehead atoms. The summed E-state index contributed by atoms with van der Waals surface area (Å²) in [7, 11) is -2.93. The molecule has 0 radical (unpaired) electrons. The summed E-state index contributed by atoms with van der Waals surface area (Å²) in [6.07, 6.45) is 3.09. The van der Waals surface area contributed by atoms with Crippen molar-refractivity contribution < 1.29 is 13.2 Å². The van der Waals surface area contributed by atoms with Crippen LogP contribution in [0.3, 0.4) is 0 Å². The quantitative estimate of drug-likeness (QED) is 0.695. The molecule has 1 atom stereocenters. The molecule has 1 aromatic rings. The van der Waals surface area contributed by atoms with E-state index in [0.717, 1.165) is 5.71 Å². The van der Waals surface area contributed by atoms with E-state index in [1.54, 1.807) is 29.2 Å². The van der Waals surface area contributed by atoms with Gasteiger partial charge in [-0.05, 0) is 43.9 Å². The van der Waals surface area contributed by atoms with Crippen molar-refractivity contribution >= 4 is 44.7 Å². The number of carbonyl (C=O) groups excluding carboxylic acids is 1. The summed E-state index contributed by atoms with van der Waals surface area (Å²) >= 11 is 12.6. The monoisotopic (exact) mass is 428 g/mol. The number of sulfone groups is 1. The zero-order valence-electron chi connectivity index (χ0n) is 15.1. The summed E-state index contributed by atoms with van der Waals surface area (Å²) in [4.78, 5) is 19.0. The first-order valence-electron chi connectivity index (χ1n) is 8.89. The number of rotatable bonds is 6. The first kappa shape index (κ1) is 20.4. The molecule has 2 aliphatic rings. The Kier molecular flexibility index (Phi) is 6.28. The van der Waals surface area contributed by atoms with Crippen LogP contribution in [0.1, 0.15) is 25.3 Å². The van der Waals surface area contributed by atoms with Crippen molar-refractivity contribution in [3.05, 3.63) is 45.5 Å². The van der Waals surface area contributed by atoms with Crippen LogP contribution in [0.4, 0.5) is 0 Å². The van der Waals surface area contributed by atoms with Crippen LogP contribution in [0.25, 0.3) is 0 Å². The van der Waals surface area contributed by atoms with Crippen molar-refractivity contribution in [2.45, 2.75) is 26.3 Å². The van der Waals surface area contributed by atoms with Gasteiger partial charge in [0.1, 0.15) is 0 Å². The summed E-state index contributed by atoms with van der Waals surface area (Å²) in [5.41, 5.74) is 2.16. The molecule has 0 N–H and O–H groups in total. The van der Waals surface area contributed by atoms with E-state index in [0.29, 0.717) is 47.1 Å². The Hall–Kier alpha value is -1.37. The Bertz CT molecular complexity index is 889. The smallest absolute Gasteiger partial charge is 0.252 e. The molecular formula is C19H22Cl2N2O3S. The van der Waals surface area contributed by atoms with Gasteiger partial charge in [0.2, 0.25) is 0 Å². The van der Waals surface area contributed by atoms with E-state index >= 15 is 0 Å². The summed E-state index contributed by atoms with van der Waals surface area (Å²) in [6.45, 7) is 2.97. The number of hydrogen-bond donors (Lipinski definition) is 0. The largest absolute Gasteiger partial charge is 0.334 e. The lowest BCUT2D eigenvalue weighted by Crippen LogP contribution is -2.34. The minimum absolute atomic E-state index is 0.0857. The number of carbonyl (C=O) groups is 1. The first-order chi connectivity index (χ1) is 12.7. The van der Waals surface area contributed by atoms with Gasteiger partial charge in [0.15, 0.2) is 9.84 Å². The van der Waals surface area contributed by atoms with Crippen molar-refractivity contribution in [1.29, 1.82) is 0 Å². The summed E-state index contributed by atoms with van der Waals surface area (Å²) in [6, 6.07) is 5.26. The molecule has 146 valence electrons. The summed E-state index contributed by atoms with van der Waals surface area (Å²) in [5.74, 6) is 0.419. The fourth-order valence-electron chi connectivity index (χ4n) is 3.45. The average Bonchev–Trinajstić information content (AvgIpc) is 3.18. The van der Waals surface area contributed by atoms with Crippen LogP contribution in [0.2, 0.25) is 10.0 Å². The number of nitrogens with zero attached hydrogens (tertiary/aromatic N) is 2. The molecule has 1 amide bonds. The fourth-order valence-corrected chi connectivity index (χ4v) is 5.88. The van der Waals surface area contributed by atoms with Gasteiger partial charge in [-0.2, -0.15) is 0 Å². The highest BCUT2D eigenvalue weighted by molar-refractivity contribution is 7.91. The molecule has 27 heavy (non-hydrogen) atoms. The minimum atomic E-state index is -2.93. The lowest BCUT2D eigenvalue weighted by Gasteiger charge is -2.25. The number of aliphatic imine (C=N–C) groups is 1. The number of benzene rings is 1. The SMILES string of the molecule is CC1=NCC(C(=O)N(CCC2CCS(=O)(=O)C2)Cc2c(Cl)cccc2Cl)=C1. The second kappa shape index (κ2) is 8.33. The van der Waals surface area contributed by atoms with E-state index in [2.05, 4.69) is 4.99 Å². The predicted molar refractivity (Wildman–Crippen MR) is 109 cm³/mol. The maximum Gasteiger partial charge on any atom is 0.252 e. The molecule has 1 fully saturated rings. The molecule has 1 unspecified atom stereocenters. The maximum atomic E-state index is 13.0. The Labute approximate surface area is 170 Å². The molecule has 5 nitrogen and oxygen atoms in total. The standard InChI is InChI=1S/C19H22Cl2N2O3S/c1-13-9-15(10-22-13)19(24)23(7-5-14-6-8-27(25,26)12-14)11-16-17(20)3-2-4-18(16)21/h2-4,9,14H,5-8,10-12H2,1H3. The van der Waals surface area contributed by atoms with Gasteiger partial charge in [0.25, 0.3) is 5.91 Å². The van der Waals surface area contributed by atoms with E-state index in [1.165, 1.54) is 0 Å². The van der Waals surface area contributed by atoms with Crippen molar-refractivity contribution in [2.24, 2.45) is 10.9 Å². The molecule has 1 aromatic carbocycles. The second-order valence-corrected chi connectivity index (χ2v) is 10.2. The Balaban J connectivity index is 1.76. The van der Waals surface area contributed by atoms with Crippen LogP contribution in [-0.4, -0.2) is 49.5 Å². The van der Waals surface area contributed by atoms with Crippen LogP contribution < -0.4 is 0 Å². The van der Waals surface area contributed by atoms with Crippen molar-refractivity contribution in [3.8, 4) is 0 Å². The third-order valence-corrected chi connectivity index (χ3v) is 7.53. The predicted octanol–water partition coefficient (Wildman–Crippen LogP) is 3.55. The van der Waals surface area contributed by atoms with Crippen molar-refractivity contribution in [2.75, 3.05) is 24.6 Å².